The zero-order chi connectivity index (χ0) is 31.1. The first kappa shape index (κ1) is 31.5. The molecular formula is C32H32Cl2N4O6. The Labute approximate surface area is 264 Å². The first-order valence-electron chi connectivity index (χ1n) is 14.0. The number of methoxy groups -OCH3 is 1. The predicted octanol–water partition coefficient (Wildman–Crippen LogP) is 5.83. The highest BCUT2D eigenvalue weighted by molar-refractivity contribution is 6.40. The SMILES string of the molecule is COC(=O)[C@H](Cc1ccccc1)NC(=O)Nc1cccc([C@H]2O[C@@H](Cn3cnc(Cl)c3Cl)C[C@@H](c3ccc(CO)cc3)O2)c1. The number of hydrogen-bond donors (Lipinski definition) is 3. The summed E-state index contributed by atoms with van der Waals surface area (Å²) >= 11 is 12.4. The van der Waals surface area contributed by atoms with Gasteiger partial charge in [0.05, 0.1) is 38.8 Å². The molecule has 0 saturated carbocycles. The lowest BCUT2D eigenvalue weighted by Gasteiger charge is -2.36. The van der Waals surface area contributed by atoms with Crippen LogP contribution in [0.2, 0.25) is 10.3 Å². The molecule has 0 aliphatic carbocycles. The van der Waals surface area contributed by atoms with Crippen molar-refractivity contribution in [2.45, 2.75) is 50.5 Å². The fraction of sp³-hybridized carbons (Fsp3) is 0.281. The van der Waals surface area contributed by atoms with E-state index >= 15 is 0 Å². The molecule has 0 radical (unpaired) electrons. The van der Waals surface area contributed by atoms with Crippen LogP contribution in [-0.4, -0.2) is 45.9 Å². The van der Waals surface area contributed by atoms with Crippen molar-refractivity contribution in [1.29, 1.82) is 0 Å². The van der Waals surface area contributed by atoms with Crippen LogP contribution in [-0.2, 0) is 38.6 Å². The highest BCUT2D eigenvalue weighted by Gasteiger charge is 2.33. The Kier molecular flexibility index (Phi) is 10.5. The van der Waals surface area contributed by atoms with Crippen molar-refractivity contribution >= 4 is 40.9 Å². The third kappa shape index (κ3) is 7.96. The second-order valence-corrected chi connectivity index (χ2v) is 11.0. The van der Waals surface area contributed by atoms with Gasteiger partial charge in [-0.05, 0) is 28.8 Å². The van der Waals surface area contributed by atoms with Crippen LogP contribution in [0.15, 0.2) is 85.2 Å². The molecule has 1 fully saturated rings. The van der Waals surface area contributed by atoms with E-state index in [1.807, 2.05) is 60.7 Å². The van der Waals surface area contributed by atoms with Crippen LogP contribution in [0.4, 0.5) is 10.5 Å². The number of aromatic nitrogens is 2. The Balaban J connectivity index is 1.32. The molecule has 3 aromatic carbocycles. The van der Waals surface area contributed by atoms with Gasteiger partial charge in [-0.25, -0.2) is 14.6 Å². The van der Waals surface area contributed by atoms with Gasteiger partial charge in [0, 0.05) is 24.1 Å². The number of urea groups is 1. The van der Waals surface area contributed by atoms with E-state index < -0.39 is 24.3 Å². The van der Waals surface area contributed by atoms with Gasteiger partial charge in [-0.1, -0.05) is 89.9 Å². The van der Waals surface area contributed by atoms with Crippen LogP contribution in [0.25, 0.3) is 0 Å². The van der Waals surface area contributed by atoms with E-state index in [-0.39, 0.29) is 30.4 Å². The number of amides is 2. The van der Waals surface area contributed by atoms with Gasteiger partial charge in [-0.3, -0.25) is 0 Å². The summed E-state index contributed by atoms with van der Waals surface area (Å²) < 4.78 is 19.4. The molecule has 44 heavy (non-hydrogen) atoms. The van der Waals surface area contributed by atoms with Crippen molar-refractivity contribution in [3.8, 4) is 0 Å². The van der Waals surface area contributed by atoms with Crippen molar-refractivity contribution in [3.05, 3.63) is 118 Å². The van der Waals surface area contributed by atoms with Gasteiger partial charge >= 0.3 is 12.0 Å². The van der Waals surface area contributed by atoms with E-state index in [9.17, 15) is 14.7 Å². The topological polar surface area (TPSA) is 124 Å². The van der Waals surface area contributed by atoms with Gasteiger partial charge in [0.25, 0.3) is 0 Å². The highest BCUT2D eigenvalue weighted by atomic mass is 35.5. The summed E-state index contributed by atoms with van der Waals surface area (Å²) in [5.41, 5.74) is 3.75. The average Bonchev–Trinajstić information content (AvgIpc) is 3.36. The molecule has 10 nitrogen and oxygen atoms in total. The molecule has 1 aromatic heterocycles. The van der Waals surface area contributed by atoms with Gasteiger partial charge < -0.3 is 34.5 Å². The number of hydrogen-bond acceptors (Lipinski definition) is 7. The lowest BCUT2D eigenvalue weighted by Crippen LogP contribution is -2.45. The molecule has 3 N–H and O–H groups in total. The molecule has 5 rings (SSSR count). The van der Waals surface area contributed by atoms with Crippen LogP contribution >= 0.6 is 23.2 Å². The molecule has 1 aliphatic rings. The van der Waals surface area contributed by atoms with Crippen LogP contribution in [0.5, 0.6) is 0 Å². The molecule has 4 atom stereocenters. The number of aliphatic hydroxyl groups excluding tert-OH is 1. The van der Waals surface area contributed by atoms with Crippen molar-refractivity contribution in [1.82, 2.24) is 14.9 Å². The van der Waals surface area contributed by atoms with Crippen molar-refractivity contribution in [2.24, 2.45) is 0 Å². The molecule has 230 valence electrons. The molecule has 2 heterocycles. The smallest absolute Gasteiger partial charge is 0.328 e. The van der Waals surface area contributed by atoms with Gasteiger partial charge in [0.1, 0.15) is 11.2 Å². The van der Waals surface area contributed by atoms with E-state index in [1.54, 1.807) is 29.1 Å². The maximum absolute atomic E-state index is 13.0. The zero-order valence-corrected chi connectivity index (χ0v) is 25.4. The summed E-state index contributed by atoms with van der Waals surface area (Å²) in [5, 5.41) is 15.5. The predicted molar refractivity (Wildman–Crippen MR) is 165 cm³/mol. The molecule has 0 bridgehead atoms. The molecule has 0 spiro atoms. The summed E-state index contributed by atoms with van der Waals surface area (Å²) in [6.45, 7) is 0.334. The number of ether oxygens (including phenoxy) is 3. The highest BCUT2D eigenvalue weighted by Crippen LogP contribution is 2.39. The fourth-order valence-corrected chi connectivity index (χ4v) is 5.31. The molecule has 1 saturated heterocycles. The number of esters is 1. The number of imidazole rings is 1. The molecule has 12 heteroatoms. The maximum Gasteiger partial charge on any atom is 0.328 e. The Morgan fingerprint density at radius 2 is 1.80 bits per heavy atom. The van der Waals surface area contributed by atoms with E-state index in [0.29, 0.717) is 29.4 Å². The minimum absolute atomic E-state index is 0.0555. The van der Waals surface area contributed by atoms with Crippen LogP contribution in [0, 0.1) is 0 Å². The lowest BCUT2D eigenvalue weighted by atomic mass is 10.00. The van der Waals surface area contributed by atoms with Crippen molar-refractivity contribution in [2.75, 3.05) is 12.4 Å². The molecular weight excluding hydrogens is 607 g/mol. The number of benzene rings is 3. The summed E-state index contributed by atoms with van der Waals surface area (Å²) in [6, 6.07) is 22.6. The largest absolute Gasteiger partial charge is 0.467 e. The molecule has 4 aromatic rings. The van der Waals surface area contributed by atoms with Gasteiger partial charge in [0.15, 0.2) is 11.4 Å². The minimum atomic E-state index is -0.877. The van der Waals surface area contributed by atoms with E-state index in [2.05, 4.69) is 15.6 Å². The average molecular weight is 640 g/mol. The van der Waals surface area contributed by atoms with Crippen molar-refractivity contribution in [3.63, 3.8) is 0 Å². The number of anilines is 1. The van der Waals surface area contributed by atoms with Gasteiger partial charge in [0.2, 0.25) is 0 Å². The summed E-state index contributed by atoms with van der Waals surface area (Å²) in [4.78, 5) is 29.4. The van der Waals surface area contributed by atoms with Gasteiger partial charge in [-0.15, -0.1) is 0 Å². The number of rotatable bonds is 10. The molecule has 1 aliphatic heterocycles. The quantitative estimate of drug-likeness (QED) is 0.187. The monoisotopic (exact) mass is 638 g/mol. The number of halogens is 2. The summed E-state index contributed by atoms with van der Waals surface area (Å²) in [7, 11) is 1.28. The van der Waals surface area contributed by atoms with E-state index in [1.165, 1.54) is 7.11 Å². The zero-order valence-electron chi connectivity index (χ0n) is 23.9. The second-order valence-electron chi connectivity index (χ2n) is 10.3. The number of aliphatic hydroxyl groups is 1. The van der Waals surface area contributed by atoms with Crippen LogP contribution < -0.4 is 10.6 Å². The Morgan fingerprint density at radius 1 is 1.02 bits per heavy atom. The lowest BCUT2D eigenvalue weighted by molar-refractivity contribution is -0.252. The Morgan fingerprint density at radius 3 is 2.48 bits per heavy atom. The second kappa shape index (κ2) is 14.7. The fourth-order valence-electron chi connectivity index (χ4n) is 5.00. The Bertz CT molecular complexity index is 1570. The number of carbonyl (C=O) groups is 2. The first-order valence-corrected chi connectivity index (χ1v) is 14.7. The van der Waals surface area contributed by atoms with Crippen LogP contribution in [0.3, 0.4) is 0 Å². The van der Waals surface area contributed by atoms with E-state index in [4.69, 9.17) is 37.4 Å². The van der Waals surface area contributed by atoms with Gasteiger partial charge in [-0.2, -0.15) is 0 Å². The third-order valence-electron chi connectivity index (χ3n) is 7.24. The Hall–Kier alpha value is -3.93. The summed E-state index contributed by atoms with van der Waals surface area (Å²) in [6.07, 6.45) is 0.934. The van der Waals surface area contributed by atoms with E-state index in [0.717, 1.165) is 16.7 Å². The first-order chi connectivity index (χ1) is 21.3. The summed E-state index contributed by atoms with van der Waals surface area (Å²) in [5.74, 6) is -0.551. The van der Waals surface area contributed by atoms with Crippen molar-refractivity contribution < 1.29 is 28.9 Å². The standard InChI is InChI=1S/C32H32Cl2N4O6/c1-42-30(40)26(14-20-6-3-2-4-7-20)37-32(41)36-24-9-5-8-23(15-24)31-43-25(17-38-19-35-28(33)29(38)34)16-27(44-31)22-12-10-21(18-39)11-13-22/h2-13,15,19,25-27,31,39H,14,16-18H2,1H3,(H2,36,37,41)/t25-,26+,27+,31+/m1/s1. The van der Waals surface area contributed by atoms with Crippen LogP contribution in [0.1, 0.15) is 41.1 Å². The normalized spacial score (nSPS) is 18.8. The molecule has 0 unspecified atom stereocenters. The third-order valence-corrected chi connectivity index (χ3v) is 8.01. The number of nitrogens with zero attached hydrogens (tertiary/aromatic N) is 2. The number of nitrogens with one attached hydrogen (secondary N) is 2. The molecule has 2 amide bonds. The number of carbonyl (C=O) groups excluding carboxylic acids is 2. The minimum Gasteiger partial charge on any atom is -0.467 e. The maximum atomic E-state index is 13.0.